The standard InChI is InChI=1S/C11H12F3N3/c1-17-9-3-2-7(11(12,13)14)6-8(9)16-10(17)4-5-15/h2-3,6H,4-5,15H2,1H3. The summed E-state index contributed by atoms with van der Waals surface area (Å²) in [6.07, 6.45) is -3.79. The molecule has 2 rings (SSSR count). The second kappa shape index (κ2) is 4.03. The van der Waals surface area contributed by atoms with Crippen LogP contribution in [-0.4, -0.2) is 16.1 Å². The summed E-state index contributed by atoms with van der Waals surface area (Å²) in [6, 6.07) is 3.57. The molecule has 0 atom stereocenters. The van der Waals surface area contributed by atoms with E-state index < -0.39 is 11.7 Å². The first kappa shape index (κ1) is 11.9. The van der Waals surface area contributed by atoms with Crippen LogP contribution in [0.15, 0.2) is 18.2 Å². The minimum absolute atomic E-state index is 0.353. The third-order valence-corrected chi connectivity index (χ3v) is 2.67. The predicted molar refractivity (Wildman–Crippen MR) is 58.5 cm³/mol. The molecule has 0 spiro atoms. The fourth-order valence-corrected chi connectivity index (χ4v) is 1.78. The minimum atomic E-state index is -4.33. The fourth-order valence-electron chi connectivity index (χ4n) is 1.78. The number of aromatic nitrogens is 2. The van der Waals surface area contributed by atoms with E-state index >= 15 is 0 Å². The molecule has 0 amide bonds. The van der Waals surface area contributed by atoms with Crippen LogP contribution in [-0.2, 0) is 19.6 Å². The highest BCUT2D eigenvalue weighted by molar-refractivity contribution is 5.77. The van der Waals surface area contributed by atoms with Crippen molar-refractivity contribution in [2.75, 3.05) is 6.54 Å². The molecule has 0 fully saturated rings. The number of nitrogens with two attached hydrogens (primary N) is 1. The van der Waals surface area contributed by atoms with Gasteiger partial charge in [0.15, 0.2) is 0 Å². The molecule has 1 aromatic heterocycles. The number of rotatable bonds is 2. The molecule has 1 aromatic carbocycles. The van der Waals surface area contributed by atoms with Gasteiger partial charge in [0.05, 0.1) is 16.6 Å². The van der Waals surface area contributed by atoms with E-state index in [0.29, 0.717) is 29.8 Å². The Hall–Kier alpha value is -1.56. The zero-order valence-corrected chi connectivity index (χ0v) is 9.25. The van der Waals surface area contributed by atoms with Gasteiger partial charge in [-0.05, 0) is 24.7 Å². The van der Waals surface area contributed by atoms with Gasteiger partial charge < -0.3 is 10.3 Å². The fraction of sp³-hybridized carbons (Fsp3) is 0.364. The molecule has 17 heavy (non-hydrogen) atoms. The lowest BCUT2D eigenvalue weighted by atomic mass is 10.2. The highest BCUT2D eigenvalue weighted by Gasteiger charge is 2.30. The summed E-state index contributed by atoms with van der Waals surface area (Å²) in [7, 11) is 1.77. The summed E-state index contributed by atoms with van der Waals surface area (Å²) in [4.78, 5) is 4.16. The number of fused-ring (bicyclic) bond motifs is 1. The molecule has 6 heteroatoms. The molecule has 0 aliphatic heterocycles. The maximum absolute atomic E-state index is 12.5. The molecule has 1 heterocycles. The molecular formula is C11H12F3N3. The van der Waals surface area contributed by atoms with E-state index in [0.717, 1.165) is 12.1 Å². The van der Waals surface area contributed by atoms with Crippen molar-refractivity contribution in [1.82, 2.24) is 9.55 Å². The molecule has 0 unspecified atom stereocenters. The Balaban J connectivity index is 2.56. The maximum Gasteiger partial charge on any atom is 0.416 e. The van der Waals surface area contributed by atoms with Crippen molar-refractivity contribution >= 4 is 11.0 Å². The Labute approximate surface area is 96.0 Å². The lowest BCUT2D eigenvalue weighted by Crippen LogP contribution is -2.07. The Morgan fingerprint density at radius 3 is 2.65 bits per heavy atom. The van der Waals surface area contributed by atoms with Crippen LogP contribution in [0, 0.1) is 0 Å². The number of aryl methyl sites for hydroxylation is 1. The van der Waals surface area contributed by atoms with Crippen molar-refractivity contribution < 1.29 is 13.2 Å². The van der Waals surface area contributed by atoms with Crippen LogP contribution < -0.4 is 5.73 Å². The topological polar surface area (TPSA) is 43.8 Å². The van der Waals surface area contributed by atoms with Gasteiger partial charge in [0.25, 0.3) is 0 Å². The average molecular weight is 243 g/mol. The summed E-state index contributed by atoms with van der Waals surface area (Å²) in [5.41, 5.74) is 5.77. The Morgan fingerprint density at radius 1 is 1.35 bits per heavy atom. The normalized spacial score (nSPS) is 12.3. The number of hydrogen-bond acceptors (Lipinski definition) is 2. The highest BCUT2D eigenvalue weighted by Crippen LogP contribution is 2.31. The Bertz CT molecular complexity index is 543. The molecule has 2 aromatic rings. The van der Waals surface area contributed by atoms with Gasteiger partial charge in [-0.3, -0.25) is 0 Å². The second-order valence-electron chi connectivity index (χ2n) is 3.83. The number of imidazole rings is 1. The van der Waals surface area contributed by atoms with Crippen molar-refractivity contribution in [3.05, 3.63) is 29.6 Å². The van der Waals surface area contributed by atoms with Gasteiger partial charge in [-0.15, -0.1) is 0 Å². The van der Waals surface area contributed by atoms with E-state index in [1.54, 1.807) is 11.6 Å². The molecule has 0 saturated heterocycles. The van der Waals surface area contributed by atoms with Crippen molar-refractivity contribution in [2.45, 2.75) is 12.6 Å². The molecule has 0 radical (unpaired) electrons. The quantitative estimate of drug-likeness (QED) is 0.877. The smallest absolute Gasteiger partial charge is 0.331 e. The van der Waals surface area contributed by atoms with Gasteiger partial charge in [-0.25, -0.2) is 4.98 Å². The van der Waals surface area contributed by atoms with E-state index in [2.05, 4.69) is 4.98 Å². The summed E-state index contributed by atoms with van der Waals surface area (Å²) in [5.74, 6) is 0.696. The summed E-state index contributed by atoms with van der Waals surface area (Å²) in [5, 5.41) is 0. The predicted octanol–water partition coefficient (Wildman–Crippen LogP) is 2.09. The summed E-state index contributed by atoms with van der Waals surface area (Å²) < 4.78 is 39.3. The average Bonchev–Trinajstić information content (AvgIpc) is 2.55. The van der Waals surface area contributed by atoms with Gasteiger partial charge in [0, 0.05) is 13.5 Å². The first-order valence-electron chi connectivity index (χ1n) is 5.16. The van der Waals surface area contributed by atoms with Crippen LogP contribution in [0.5, 0.6) is 0 Å². The molecule has 3 nitrogen and oxygen atoms in total. The SMILES string of the molecule is Cn1c(CCN)nc2cc(C(F)(F)F)ccc21. The lowest BCUT2D eigenvalue weighted by Gasteiger charge is -2.05. The molecule has 2 N–H and O–H groups in total. The lowest BCUT2D eigenvalue weighted by molar-refractivity contribution is -0.137. The van der Waals surface area contributed by atoms with Crippen molar-refractivity contribution in [3.8, 4) is 0 Å². The van der Waals surface area contributed by atoms with Gasteiger partial charge in [-0.2, -0.15) is 13.2 Å². The van der Waals surface area contributed by atoms with Gasteiger partial charge in [-0.1, -0.05) is 0 Å². The largest absolute Gasteiger partial charge is 0.416 e. The van der Waals surface area contributed by atoms with Crippen molar-refractivity contribution in [1.29, 1.82) is 0 Å². The van der Waals surface area contributed by atoms with Gasteiger partial charge in [0.2, 0.25) is 0 Å². The van der Waals surface area contributed by atoms with Crippen molar-refractivity contribution in [2.24, 2.45) is 12.8 Å². The van der Waals surface area contributed by atoms with Gasteiger partial charge >= 0.3 is 6.18 Å². The number of hydrogen-bond donors (Lipinski definition) is 1. The molecule has 0 saturated carbocycles. The molecule has 0 aliphatic carbocycles. The monoisotopic (exact) mass is 243 g/mol. The zero-order chi connectivity index (χ0) is 12.6. The summed E-state index contributed by atoms with van der Waals surface area (Å²) >= 11 is 0. The Kier molecular flexibility index (Phi) is 2.82. The van der Waals surface area contributed by atoms with Crippen LogP contribution in [0.25, 0.3) is 11.0 Å². The third-order valence-electron chi connectivity index (χ3n) is 2.67. The van der Waals surface area contributed by atoms with Crippen molar-refractivity contribution in [3.63, 3.8) is 0 Å². The van der Waals surface area contributed by atoms with E-state index in [-0.39, 0.29) is 0 Å². The van der Waals surface area contributed by atoms with E-state index in [4.69, 9.17) is 5.73 Å². The number of alkyl halides is 3. The van der Waals surface area contributed by atoms with Gasteiger partial charge in [0.1, 0.15) is 5.82 Å². The molecule has 92 valence electrons. The molecule has 0 aliphatic rings. The molecule has 0 bridgehead atoms. The summed E-state index contributed by atoms with van der Waals surface area (Å²) in [6.45, 7) is 0.420. The second-order valence-corrected chi connectivity index (χ2v) is 3.83. The maximum atomic E-state index is 12.5. The minimum Gasteiger partial charge on any atom is -0.331 e. The van der Waals surface area contributed by atoms with Crippen LogP contribution >= 0.6 is 0 Å². The number of benzene rings is 1. The van der Waals surface area contributed by atoms with Crippen LogP contribution in [0.3, 0.4) is 0 Å². The zero-order valence-electron chi connectivity index (χ0n) is 9.25. The number of halogens is 3. The van der Waals surface area contributed by atoms with E-state index in [1.165, 1.54) is 6.07 Å². The van der Waals surface area contributed by atoms with Crippen LogP contribution in [0.2, 0.25) is 0 Å². The van der Waals surface area contributed by atoms with Crippen LogP contribution in [0.4, 0.5) is 13.2 Å². The number of nitrogens with zero attached hydrogens (tertiary/aromatic N) is 2. The first-order valence-corrected chi connectivity index (χ1v) is 5.16. The Morgan fingerprint density at radius 2 is 2.06 bits per heavy atom. The van der Waals surface area contributed by atoms with E-state index in [9.17, 15) is 13.2 Å². The van der Waals surface area contributed by atoms with Crippen LogP contribution in [0.1, 0.15) is 11.4 Å². The van der Waals surface area contributed by atoms with E-state index in [1.807, 2.05) is 0 Å². The molecular weight excluding hydrogens is 231 g/mol. The third kappa shape index (κ3) is 2.12. The highest BCUT2D eigenvalue weighted by atomic mass is 19.4. The first-order chi connectivity index (χ1) is 7.93.